The molecule has 1 aliphatic rings. The minimum atomic E-state index is -1.34. The van der Waals surface area contributed by atoms with Gasteiger partial charge in [-0.1, -0.05) is 37.1 Å². The van der Waals surface area contributed by atoms with Crippen LogP contribution in [-0.4, -0.2) is 17.2 Å². The molecule has 0 heterocycles. The van der Waals surface area contributed by atoms with Gasteiger partial charge in [-0.3, -0.25) is 0 Å². The summed E-state index contributed by atoms with van der Waals surface area (Å²) in [5, 5.41) is 17.9. The first kappa shape index (κ1) is 9.75. The largest absolute Gasteiger partial charge is 0.488 e. The lowest BCUT2D eigenvalue weighted by Gasteiger charge is -2.09. The second kappa shape index (κ2) is 4.15. The van der Waals surface area contributed by atoms with Crippen LogP contribution < -0.4 is 5.46 Å². The van der Waals surface area contributed by atoms with E-state index in [0.29, 0.717) is 11.4 Å². The Kier molecular flexibility index (Phi) is 2.89. The van der Waals surface area contributed by atoms with Crippen LogP contribution in [0.5, 0.6) is 0 Å². The fourth-order valence-electron chi connectivity index (χ4n) is 2.20. The molecule has 2 N–H and O–H groups in total. The number of rotatable bonds is 2. The first-order valence-electron chi connectivity index (χ1n) is 5.23. The lowest BCUT2D eigenvalue weighted by molar-refractivity contribution is 0.426. The SMILES string of the molecule is OB(O)c1ccc(C2CCCC2)cc1. The van der Waals surface area contributed by atoms with Gasteiger partial charge in [-0.15, -0.1) is 0 Å². The maximum Gasteiger partial charge on any atom is 0.488 e. The first-order valence-corrected chi connectivity index (χ1v) is 5.23. The van der Waals surface area contributed by atoms with Crippen LogP contribution in [-0.2, 0) is 0 Å². The van der Waals surface area contributed by atoms with Crippen LogP contribution in [0, 0.1) is 0 Å². The van der Waals surface area contributed by atoms with Crippen molar-refractivity contribution >= 4 is 12.6 Å². The van der Waals surface area contributed by atoms with Crippen molar-refractivity contribution in [2.75, 3.05) is 0 Å². The Morgan fingerprint density at radius 3 is 2.07 bits per heavy atom. The van der Waals surface area contributed by atoms with Gasteiger partial charge >= 0.3 is 7.12 Å². The van der Waals surface area contributed by atoms with E-state index in [1.54, 1.807) is 12.1 Å². The van der Waals surface area contributed by atoms with Crippen molar-refractivity contribution in [2.45, 2.75) is 31.6 Å². The number of hydrogen-bond donors (Lipinski definition) is 2. The van der Waals surface area contributed by atoms with Crippen LogP contribution in [0.4, 0.5) is 0 Å². The van der Waals surface area contributed by atoms with E-state index in [-0.39, 0.29) is 0 Å². The molecule has 0 radical (unpaired) electrons. The highest BCUT2D eigenvalue weighted by atomic mass is 16.4. The van der Waals surface area contributed by atoms with Crippen molar-refractivity contribution in [3.63, 3.8) is 0 Å². The molecule has 0 amide bonds. The van der Waals surface area contributed by atoms with E-state index in [1.807, 2.05) is 12.1 Å². The molecule has 0 spiro atoms. The van der Waals surface area contributed by atoms with Crippen molar-refractivity contribution in [2.24, 2.45) is 0 Å². The standard InChI is InChI=1S/C11H15BO2/c13-12(14)11-7-5-10(6-8-11)9-3-1-2-4-9/h5-9,13-14H,1-4H2. The highest BCUT2D eigenvalue weighted by Crippen LogP contribution is 2.33. The van der Waals surface area contributed by atoms with Gasteiger partial charge in [0.05, 0.1) is 0 Å². The van der Waals surface area contributed by atoms with Gasteiger partial charge in [-0.2, -0.15) is 0 Å². The number of benzene rings is 1. The van der Waals surface area contributed by atoms with Crippen LogP contribution in [0.3, 0.4) is 0 Å². The molecule has 0 unspecified atom stereocenters. The minimum absolute atomic E-state index is 0.576. The van der Waals surface area contributed by atoms with Crippen molar-refractivity contribution < 1.29 is 10.0 Å². The molecule has 14 heavy (non-hydrogen) atoms. The van der Waals surface area contributed by atoms with Gasteiger partial charge in [-0.25, -0.2) is 0 Å². The summed E-state index contributed by atoms with van der Waals surface area (Å²) in [6, 6.07) is 7.64. The highest BCUT2D eigenvalue weighted by Gasteiger charge is 2.17. The molecule has 0 bridgehead atoms. The maximum absolute atomic E-state index is 8.94. The van der Waals surface area contributed by atoms with Crippen LogP contribution >= 0.6 is 0 Å². The van der Waals surface area contributed by atoms with Crippen LogP contribution in [0.25, 0.3) is 0 Å². The van der Waals surface area contributed by atoms with Gasteiger partial charge in [-0.05, 0) is 29.8 Å². The van der Waals surface area contributed by atoms with E-state index < -0.39 is 7.12 Å². The van der Waals surface area contributed by atoms with Crippen LogP contribution in [0.15, 0.2) is 24.3 Å². The van der Waals surface area contributed by atoms with Crippen LogP contribution in [0.2, 0.25) is 0 Å². The summed E-state index contributed by atoms with van der Waals surface area (Å²) in [6.07, 6.45) is 5.21. The highest BCUT2D eigenvalue weighted by molar-refractivity contribution is 6.58. The monoisotopic (exact) mass is 190 g/mol. The van der Waals surface area contributed by atoms with Crippen molar-refractivity contribution in [3.8, 4) is 0 Å². The lowest BCUT2D eigenvalue weighted by Crippen LogP contribution is -2.29. The minimum Gasteiger partial charge on any atom is -0.423 e. The Labute approximate surface area is 84.7 Å². The molecule has 1 fully saturated rings. The average molecular weight is 190 g/mol. The Hall–Kier alpha value is -0.795. The molecular formula is C11H15BO2. The third-order valence-electron chi connectivity index (χ3n) is 3.06. The van der Waals surface area contributed by atoms with E-state index in [1.165, 1.54) is 31.2 Å². The summed E-state index contributed by atoms with van der Waals surface area (Å²) >= 11 is 0. The van der Waals surface area contributed by atoms with Gasteiger partial charge in [0.1, 0.15) is 0 Å². The number of hydrogen-bond acceptors (Lipinski definition) is 2. The van der Waals surface area contributed by atoms with E-state index in [2.05, 4.69) is 0 Å². The molecule has 3 heteroatoms. The predicted octanol–water partition coefficient (Wildman–Crippen LogP) is 1.02. The van der Waals surface area contributed by atoms with Crippen molar-refractivity contribution in [3.05, 3.63) is 29.8 Å². The normalized spacial score (nSPS) is 17.3. The fraction of sp³-hybridized carbons (Fsp3) is 0.455. The molecule has 1 saturated carbocycles. The Morgan fingerprint density at radius 1 is 1.00 bits per heavy atom. The van der Waals surface area contributed by atoms with E-state index >= 15 is 0 Å². The third kappa shape index (κ3) is 1.99. The zero-order valence-electron chi connectivity index (χ0n) is 8.19. The Morgan fingerprint density at radius 2 is 1.57 bits per heavy atom. The third-order valence-corrected chi connectivity index (χ3v) is 3.06. The maximum atomic E-state index is 8.94. The molecule has 0 atom stereocenters. The molecule has 0 aliphatic heterocycles. The molecular weight excluding hydrogens is 175 g/mol. The van der Waals surface area contributed by atoms with Crippen LogP contribution in [0.1, 0.15) is 37.2 Å². The van der Waals surface area contributed by atoms with Gasteiger partial charge < -0.3 is 10.0 Å². The van der Waals surface area contributed by atoms with Gasteiger partial charge in [0.25, 0.3) is 0 Å². The summed E-state index contributed by atoms with van der Waals surface area (Å²) in [5.74, 6) is 0.694. The predicted molar refractivity (Wildman–Crippen MR) is 57.5 cm³/mol. The average Bonchev–Trinajstić information content (AvgIpc) is 2.71. The summed E-state index contributed by atoms with van der Waals surface area (Å²) in [4.78, 5) is 0. The van der Waals surface area contributed by atoms with Gasteiger partial charge in [0.2, 0.25) is 0 Å². The molecule has 2 nitrogen and oxygen atoms in total. The van der Waals surface area contributed by atoms with Gasteiger partial charge in [0, 0.05) is 0 Å². The summed E-state index contributed by atoms with van der Waals surface area (Å²) in [7, 11) is -1.34. The smallest absolute Gasteiger partial charge is 0.423 e. The van der Waals surface area contributed by atoms with E-state index in [9.17, 15) is 0 Å². The molecule has 74 valence electrons. The second-order valence-corrected chi connectivity index (χ2v) is 4.02. The molecule has 0 aromatic heterocycles. The first-order chi connectivity index (χ1) is 6.77. The second-order valence-electron chi connectivity index (χ2n) is 4.02. The quantitative estimate of drug-likeness (QED) is 0.683. The zero-order valence-corrected chi connectivity index (χ0v) is 8.19. The Balaban J connectivity index is 2.12. The summed E-state index contributed by atoms with van der Waals surface area (Å²) < 4.78 is 0. The van der Waals surface area contributed by atoms with Gasteiger partial charge in [0.15, 0.2) is 0 Å². The zero-order chi connectivity index (χ0) is 9.97. The molecule has 1 aliphatic carbocycles. The van der Waals surface area contributed by atoms with Crippen molar-refractivity contribution in [1.29, 1.82) is 0 Å². The molecule has 2 rings (SSSR count). The molecule has 1 aromatic rings. The lowest BCUT2D eigenvalue weighted by atomic mass is 9.79. The van der Waals surface area contributed by atoms with E-state index in [0.717, 1.165) is 0 Å². The topological polar surface area (TPSA) is 40.5 Å². The van der Waals surface area contributed by atoms with E-state index in [4.69, 9.17) is 10.0 Å². The Bertz CT molecular complexity index is 289. The molecule has 0 saturated heterocycles. The summed E-state index contributed by atoms with van der Waals surface area (Å²) in [6.45, 7) is 0. The fourth-order valence-corrected chi connectivity index (χ4v) is 2.20. The molecule has 1 aromatic carbocycles. The summed E-state index contributed by atoms with van der Waals surface area (Å²) in [5.41, 5.74) is 1.92. The van der Waals surface area contributed by atoms with Crippen molar-refractivity contribution in [1.82, 2.24) is 0 Å².